The number of rotatable bonds is 1. The van der Waals surface area contributed by atoms with E-state index in [1.165, 1.54) is 0 Å². The molecule has 0 aromatic heterocycles. The molecule has 1 aliphatic rings. The molecule has 3 nitrogen and oxygen atoms in total. The van der Waals surface area contributed by atoms with Gasteiger partial charge in [0.1, 0.15) is 0 Å². The van der Waals surface area contributed by atoms with Gasteiger partial charge in [0, 0.05) is 0 Å². The van der Waals surface area contributed by atoms with Crippen LogP contribution < -0.4 is 0 Å². The summed E-state index contributed by atoms with van der Waals surface area (Å²) in [6, 6.07) is 0. The summed E-state index contributed by atoms with van der Waals surface area (Å²) in [5.74, 6) is -0.722. The number of ether oxygens (including phenoxy) is 1. The molecule has 0 aromatic carbocycles. The van der Waals surface area contributed by atoms with E-state index in [0.717, 1.165) is 0 Å². The van der Waals surface area contributed by atoms with Crippen LogP contribution in [0.1, 0.15) is 6.92 Å². The van der Waals surface area contributed by atoms with Gasteiger partial charge in [0.15, 0.2) is 6.79 Å². The maximum atomic E-state index is 4.93. The van der Waals surface area contributed by atoms with E-state index in [2.05, 4.69) is 16.4 Å². The molecule has 0 aliphatic carbocycles. The van der Waals surface area contributed by atoms with E-state index >= 15 is 0 Å². The minimum atomic E-state index is -0.722. The lowest BCUT2D eigenvalue weighted by Crippen LogP contribution is -2.20. The molecular formula is C5H8O3. The Bertz CT molecular complexity index is 93.8. The smallest absolute Gasteiger partial charge is 0.220 e. The number of hydrogen-bond acceptors (Lipinski definition) is 3. The van der Waals surface area contributed by atoms with Crippen molar-refractivity contribution in [2.75, 3.05) is 6.79 Å². The van der Waals surface area contributed by atoms with Crippen molar-refractivity contribution in [2.24, 2.45) is 0 Å². The Kier molecular flexibility index (Phi) is 1.33. The highest BCUT2D eigenvalue weighted by Gasteiger charge is 2.28. The summed E-state index contributed by atoms with van der Waals surface area (Å²) in [5.41, 5.74) is 0. The molecule has 1 unspecified atom stereocenters. The summed E-state index contributed by atoms with van der Waals surface area (Å²) in [5, 5.41) is 0. The van der Waals surface area contributed by atoms with E-state index in [1.54, 1.807) is 13.0 Å². The van der Waals surface area contributed by atoms with Gasteiger partial charge in [0.2, 0.25) is 5.79 Å². The third-order valence-corrected chi connectivity index (χ3v) is 0.989. The van der Waals surface area contributed by atoms with Crippen LogP contribution in [0.15, 0.2) is 12.7 Å². The van der Waals surface area contributed by atoms with Gasteiger partial charge in [-0.1, -0.05) is 6.58 Å². The second kappa shape index (κ2) is 1.85. The minimum Gasteiger partial charge on any atom is -0.314 e. The predicted molar refractivity (Wildman–Crippen MR) is 26.7 cm³/mol. The molecule has 0 bridgehead atoms. The summed E-state index contributed by atoms with van der Waals surface area (Å²) < 4.78 is 4.93. The van der Waals surface area contributed by atoms with Crippen LogP contribution in [0.2, 0.25) is 0 Å². The van der Waals surface area contributed by atoms with Crippen LogP contribution in [0, 0.1) is 0 Å². The molecule has 1 fully saturated rings. The van der Waals surface area contributed by atoms with E-state index < -0.39 is 5.79 Å². The van der Waals surface area contributed by atoms with Gasteiger partial charge in [-0.2, -0.15) is 4.89 Å². The van der Waals surface area contributed by atoms with Crippen LogP contribution in [0.5, 0.6) is 0 Å². The molecular weight excluding hydrogens is 108 g/mol. The first-order chi connectivity index (χ1) is 3.77. The lowest BCUT2D eigenvalue weighted by Gasteiger charge is -2.11. The molecule has 1 aliphatic heterocycles. The Morgan fingerprint density at radius 2 is 2.50 bits per heavy atom. The minimum absolute atomic E-state index is 0.183. The van der Waals surface area contributed by atoms with E-state index in [9.17, 15) is 0 Å². The first-order valence-electron chi connectivity index (χ1n) is 2.35. The average molecular weight is 116 g/mol. The van der Waals surface area contributed by atoms with Crippen LogP contribution in [0.4, 0.5) is 0 Å². The molecule has 1 rings (SSSR count). The van der Waals surface area contributed by atoms with Gasteiger partial charge in [-0.25, -0.2) is 4.89 Å². The second-order valence-electron chi connectivity index (χ2n) is 1.68. The van der Waals surface area contributed by atoms with Crippen molar-refractivity contribution in [2.45, 2.75) is 12.7 Å². The summed E-state index contributed by atoms with van der Waals surface area (Å²) in [7, 11) is 0. The molecule has 3 heteroatoms. The SMILES string of the molecule is C=CC1(C)OCOO1. The molecule has 8 heavy (non-hydrogen) atoms. The van der Waals surface area contributed by atoms with Crippen molar-refractivity contribution < 1.29 is 14.5 Å². The monoisotopic (exact) mass is 116 g/mol. The van der Waals surface area contributed by atoms with E-state index in [4.69, 9.17) is 4.74 Å². The lowest BCUT2D eigenvalue weighted by atomic mass is 10.3. The highest BCUT2D eigenvalue weighted by Crippen LogP contribution is 2.19. The van der Waals surface area contributed by atoms with E-state index in [0.29, 0.717) is 0 Å². The zero-order chi connectivity index (χ0) is 6.04. The average Bonchev–Trinajstić information content (AvgIpc) is 2.17. The Morgan fingerprint density at radius 1 is 1.75 bits per heavy atom. The van der Waals surface area contributed by atoms with Crippen LogP contribution in [0.25, 0.3) is 0 Å². The van der Waals surface area contributed by atoms with Crippen molar-refractivity contribution >= 4 is 0 Å². The van der Waals surface area contributed by atoms with Crippen LogP contribution >= 0.6 is 0 Å². The molecule has 0 saturated carbocycles. The first-order valence-corrected chi connectivity index (χ1v) is 2.35. The summed E-state index contributed by atoms with van der Waals surface area (Å²) >= 11 is 0. The quantitative estimate of drug-likeness (QED) is 0.375. The molecule has 46 valence electrons. The Balaban J connectivity index is 2.52. The predicted octanol–water partition coefficient (Wildman–Crippen LogP) is 0.825. The van der Waals surface area contributed by atoms with Gasteiger partial charge in [-0.15, -0.1) is 0 Å². The van der Waals surface area contributed by atoms with Gasteiger partial charge < -0.3 is 4.74 Å². The molecule has 0 amide bonds. The zero-order valence-electron chi connectivity index (χ0n) is 4.72. The molecule has 0 spiro atoms. The summed E-state index contributed by atoms with van der Waals surface area (Å²) in [6.45, 7) is 5.40. The largest absolute Gasteiger partial charge is 0.314 e. The fraction of sp³-hybridized carbons (Fsp3) is 0.600. The van der Waals surface area contributed by atoms with Crippen molar-refractivity contribution in [3.8, 4) is 0 Å². The molecule has 0 aromatic rings. The van der Waals surface area contributed by atoms with E-state index in [1.807, 2.05) is 0 Å². The van der Waals surface area contributed by atoms with Crippen LogP contribution in [0.3, 0.4) is 0 Å². The van der Waals surface area contributed by atoms with Crippen molar-refractivity contribution in [3.05, 3.63) is 12.7 Å². The molecule has 1 atom stereocenters. The van der Waals surface area contributed by atoms with Crippen molar-refractivity contribution in [1.82, 2.24) is 0 Å². The fourth-order valence-electron chi connectivity index (χ4n) is 0.399. The molecule has 1 heterocycles. The second-order valence-corrected chi connectivity index (χ2v) is 1.68. The zero-order valence-corrected chi connectivity index (χ0v) is 4.72. The fourth-order valence-corrected chi connectivity index (χ4v) is 0.399. The number of hydrogen-bond donors (Lipinski definition) is 0. The van der Waals surface area contributed by atoms with Crippen molar-refractivity contribution in [3.63, 3.8) is 0 Å². The molecule has 1 saturated heterocycles. The third kappa shape index (κ3) is 0.888. The lowest BCUT2D eigenvalue weighted by molar-refractivity contribution is -0.298. The maximum Gasteiger partial charge on any atom is 0.220 e. The highest BCUT2D eigenvalue weighted by atomic mass is 17.3. The van der Waals surface area contributed by atoms with Gasteiger partial charge in [-0.05, 0) is 13.0 Å². The Morgan fingerprint density at radius 3 is 2.75 bits per heavy atom. The molecule has 0 radical (unpaired) electrons. The van der Waals surface area contributed by atoms with Crippen LogP contribution in [-0.4, -0.2) is 12.6 Å². The topological polar surface area (TPSA) is 27.7 Å². The standard InChI is InChI=1S/C5H8O3/c1-3-5(2)6-4-7-8-5/h3H,1,4H2,2H3. The summed E-state index contributed by atoms with van der Waals surface area (Å²) in [6.07, 6.45) is 1.54. The Labute approximate surface area is 47.8 Å². The normalized spacial score (nSPS) is 37.6. The summed E-state index contributed by atoms with van der Waals surface area (Å²) in [4.78, 5) is 9.11. The highest BCUT2D eigenvalue weighted by molar-refractivity contribution is 4.84. The van der Waals surface area contributed by atoms with E-state index in [-0.39, 0.29) is 6.79 Å². The van der Waals surface area contributed by atoms with Gasteiger partial charge in [-0.3, -0.25) is 0 Å². The third-order valence-electron chi connectivity index (χ3n) is 0.989. The first kappa shape index (κ1) is 5.75. The van der Waals surface area contributed by atoms with Crippen LogP contribution in [-0.2, 0) is 14.5 Å². The van der Waals surface area contributed by atoms with Gasteiger partial charge in [0.25, 0.3) is 0 Å². The Hall–Kier alpha value is -0.380. The maximum absolute atomic E-state index is 4.93. The van der Waals surface area contributed by atoms with Crippen molar-refractivity contribution in [1.29, 1.82) is 0 Å². The molecule has 0 N–H and O–H groups in total. The van der Waals surface area contributed by atoms with Gasteiger partial charge in [0.05, 0.1) is 0 Å². The van der Waals surface area contributed by atoms with Gasteiger partial charge >= 0.3 is 0 Å².